The first-order valence-electron chi connectivity index (χ1n) is 7.36. The topological polar surface area (TPSA) is 74.2 Å². The number of esters is 1. The molecule has 1 fully saturated rings. The van der Waals surface area contributed by atoms with Gasteiger partial charge in [-0.2, -0.15) is 0 Å². The van der Waals surface area contributed by atoms with E-state index in [4.69, 9.17) is 18.9 Å². The van der Waals surface area contributed by atoms with Gasteiger partial charge >= 0.3 is 5.97 Å². The van der Waals surface area contributed by atoms with E-state index in [-0.39, 0.29) is 19.3 Å². The van der Waals surface area contributed by atoms with E-state index < -0.39 is 24.2 Å². The largest absolute Gasteiger partial charge is 0.459 e. The first-order chi connectivity index (χ1) is 10.8. The van der Waals surface area contributed by atoms with Gasteiger partial charge in [0, 0.05) is 3.57 Å². The van der Waals surface area contributed by atoms with Crippen LogP contribution in [0.15, 0.2) is 24.3 Å². The number of carbonyl (C=O) groups is 1. The monoisotopic (exact) mass is 436 g/mol. The van der Waals surface area contributed by atoms with E-state index in [9.17, 15) is 9.90 Å². The summed E-state index contributed by atoms with van der Waals surface area (Å²) in [5.41, 5.74) is 0.486. The second kappa shape index (κ2) is 7.89. The van der Waals surface area contributed by atoms with Crippen molar-refractivity contribution >= 4 is 28.6 Å². The molecule has 1 aromatic rings. The van der Waals surface area contributed by atoms with Crippen LogP contribution >= 0.6 is 22.6 Å². The molecule has 0 radical (unpaired) electrons. The number of benzene rings is 1. The first-order valence-corrected chi connectivity index (χ1v) is 8.44. The number of ether oxygens (including phenoxy) is 4. The third kappa shape index (κ3) is 5.12. The van der Waals surface area contributed by atoms with Crippen molar-refractivity contribution in [2.45, 2.75) is 45.1 Å². The number of aliphatic hydroxyl groups is 1. The fourth-order valence-corrected chi connectivity index (χ4v) is 2.85. The molecule has 1 heterocycles. The van der Waals surface area contributed by atoms with Gasteiger partial charge in [-0.15, -0.1) is 0 Å². The Labute approximate surface area is 149 Å². The number of hydrogen-bond acceptors (Lipinski definition) is 6. The highest BCUT2D eigenvalue weighted by atomic mass is 127. The standard InChI is InChI=1S/C16H21IO6/c1-10-15(23-16(2,3)22-10)21-11(8-18)9-20-14(19)12-6-4-5-7-13(12)17/h4-7,10-11,15,18H,8-9H2,1-3H3/t10-,11-,15+/m1/s1. The normalized spacial score (nSPS) is 24.4. The molecule has 6 nitrogen and oxygen atoms in total. The van der Waals surface area contributed by atoms with E-state index in [1.807, 2.05) is 19.1 Å². The molecule has 0 aromatic heterocycles. The summed E-state index contributed by atoms with van der Waals surface area (Å²) in [6.07, 6.45) is -1.56. The Morgan fingerprint density at radius 1 is 1.39 bits per heavy atom. The van der Waals surface area contributed by atoms with Crippen LogP contribution in [-0.4, -0.2) is 48.6 Å². The third-order valence-electron chi connectivity index (χ3n) is 3.28. The van der Waals surface area contributed by atoms with Gasteiger partial charge in [0.15, 0.2) is 12.1 Å². The van der Waals surface area contributed by atoms with Crippen LogP contribution in [0, 0.1) is 3.57 Å². The predicted octanol–water partition coefficient (Wildman–Crippen LogP) is 2.32. The maximum absolute atomic E-state index is 12.1. The molecule has 0 unspecified atom stereocenters. The summed E-state index contributed by atoms with van der Waals surface area (Å²) >= 11 is 2.07. The molecule has 1 aromatic carbocycles. The summed E-state index contributed by atoms with van der Waals surface area (Å²) in [4.78, 5) is 12.1. The molecule has 1 aliphatic heterocycles. The third-order valence-corrected chi connectivity index (χ3v) is 4.22. The lowest BCUT2D eigenvalue weighted by Crippen LogP contribution is -2.34. The molecular formula is C16H21IO6. The summed E-state index contributed by atoms with van der Waals surface area (Å²) < 4.78 is 22.9. The number of carbonyl (C=O) groups excluding carboxylic acids is 1. The highest BCUT2D eigenvalue weighted by Crippen LogP contribution is 2.29. The Bertz CT molecular complexity index is 547. The minimum absolute atomic E-state index is 0.0622. The Kier molecular flexibility index (Phi) is 6.38. The van der Waals surface area contributed by atoms with E-state index in [2.05, 4.69) is 22.6 Å². The van der Waals surface area contributed by atoms with E-state index >= 15 is 0 Å². The Morgan fingerprint density at radius 3 is 2.65 bits per heavy atom. The van der Waals surface area contributed by atoms with Crippen LogP contribution in [0.2, 0.25) is 0 Å². The van der Waals surface area contributed by atoms with Crippen molar-refractivity contribution in [3.63, 3.8) is 0 Å². The quantitative estimate of drug-likeness (QED) is 0.545. The van der Waals surface area contributed by atoms with Gasteiger partial charge in [-0.3, -0.25) is 0 Å². The van der Waals surface area contributed by atoms with Crippen molar-refractivity contribution in [1.82, 2.24) is 0 Å². The van der Waals surface area contributed by atoms with Crippen molar-refractivity contribution in [2.75, 3.05) is 13.2 Å². The Hall–Kier alpha value is -0.740. The molecule has 1 N–H and O–H groups in total. The smallest absolute Gasteiger partial charge is 0.339 e. The molecule has 23 heavy (non-hydrogen) atoms. The Morgan fingerprint density at radius 2 is 2.09 bits per heavy atom. The zero-order valence-corrected chi connectivity index (χ0v) is 15.5. The van der Waals surface area contributed by atoms with Gasteiger partial charge in [0.2, 0.25) is 0 Å². The summed E-state index contributed by atoms with van der Waals surface area (Å²) in [7, 11) is 0. The van der Waals surface area contributed by atoms with Crippen molar-refractivity contribution < 1.29 is 28.8 Å². The average Bonchev–Trinajstić information content (AvgIpc) is 2.75. The first kappa shape index (κ1) is 18.6. The lowest BCUT2D eigenvalue weighted by atomic mass is 10.2. The van der Waals surface area contributed by atoms with Crippen LogP contribution < -0.4 is 0 Å². The molecule has 0 amide bonds. The fourth-order valence-electron chi connectivity index (χ4n) is 2.24. The summed E-state index contributed by atoms with van der Waals surface area (Å²) in [6.45, 7) is 5.06. The van der Waals surface area contributed by atoms with E-state index in [1.165, 1.54) is 0 Å². The van der Waals surface area contributed by atoms with Gasteiger partial charge in [0.05, 0.1) is 12.2 Å². The molecule has 2 rings (SSSR count). The summed E-state index contributed by atoms with van der Waals surface area (Å²) in [5, 5.41) is 9.43. The van der Waals surface area contributed by atoms with Crippen molar-refractivity contribution in [3.8, 4) is 0 Å². The SMILES string of the molecule is C[C@H]1OC(C)(C)O[C@@H]1O[C@H](CO)COC(=O)c1ccccc1I. The predicted molar refractivity (Wildman–Crippen MR) is 90.9 cm³/mol. The van der Waals surface area contributed by atoms with Crippen LogP contribution in [0.5, 0.6) is 0 Å². The zero-order chi connectivity index (χ0) is 17.0. The average molecular weight is 436 g/mol. The lowest BCUT2D eigenvalue weighted by Gasteiger charge is -2.22. The second-order valence-electron chi connectivity index (χ2n) is 5.73. The fraction of sp³-hybridized carbons (Fsp3) is 0.562. The molecule has 128 valence electrons. The molecule has 0 saturated carbocycles. The van der Waals surface area contributed by atoms with E-state index in [0.29, 0.717) is 5.56 Å². The van der Waals surface area contributed by atoms with Crippen LogP contribution in [0.3, 0.4) is 0 Å². The molecule has 1 saturated heterocycles. The molecular weight excluding hydrogens is 415 g/mol. The van der Waals surface area contributed by atoms with E-state index in [1.54, 1.807) is 26.0 Å². The number of rotatable bonds is 6. The maximum atomic E-state index is 12.1. The summed E-state index contributed by atoms with van der Waals surface area (Å²) in [5.74, 6) is -1.19. The van der Waals surface area contributed by atoms with Gasteiger partial charge in [0.25, 0.3) is 0 Å². The molecule has 0 bridgehead atoms. The van der Waals surface area contributed by atoms with Crippen molar-refractivity contribution in [1.29, 1.82) is 0 Å². The van der Waals surface area contributed by atoms with Gasteiger partial charge in [-0.1, -0.05) is 12.1 Å². The zero-order valence-electron chi connectivity index (χ0n) is 13.3. The molecule has 3 atom stereocenters. The highest BCUT2D eigenvalue weighted by Gasteiger charge is 2.40. The highest BCUT2D eigenvalue weighted by molar-refractivity contribution is 14.1. The van der Waals surface area contributed by atoms with Crippen molar-refractivity contribution in [3.05, 3.63) is 33.4 Å². The van der Waals surface area contributed by atoms with Gasteiger partial charge in [-0.25, -0.2) is 4.79 Å². The van der Waals surface area contributed by atoms with Crippen LogP contribution in [0.4, 0.5) is 0 Å². The number of aliphatic hydroxyl groups excluding tert-OH is 1. The minimum atomic E-state index is -0.735. The molecule has 7 heteroatoms. The molecule has 0 aliphatic carbocycles. The second-order valence-corrected chi connectivity index (χ2v) is 6.89. The maximum Gasteiger partial charge on any atom is 0.339 e. The van der Waals surface area contributed by atoms with Crippen molar-refractivity contribution in [2.24, 2.45) is 0 Å². The molecule has 1 aliphatic rings. The van der Waals surface area contributed by atoms with Gasteiger partial charge in [-0.05, 0) is 55.5 Å². The number of halogens is 1. The van der Waals surface area contributed by atoms with Crippen LogP contribution in [-0.2, 0) is 18.9 Å². The van der Waals surface area contributed by atoms with Gasteiger partial charge in [0.1, 0.15) is 18.8 Å². The van der Waals surface area contributed by atoms with Gasteiger partial charge < -0.3 is 24.1 Å². The van der Waals surface area contributed by atoms with Crippen LogP contribution in [0.1, 0.15) is 31.1 Å². The minimum Gasteiger partial charge on any atom is -0.459 e. The van der Waals surface area contributed by atoms with Crippen LogP contribution in [0.25, 0.3) is 0 Å². The lowest BCUT2D eigenvalue weighted by molar-refractivity contribution is -0.213. The molecule has 0 spiro atoms. The Balaban J connectivity index is 1.88. The van der Waals surface area contributed by atoms with E-state index in [0.717, 1.165) is 3.57 Å². The summed E-state index contributed by atoms with van der Waals surface area (Å²) in [6, 6.07) is 7.13. The number of hydrogen-bond donors (Lipinski definition) is 1.